The quantitative estimate of drug-likeness (QED) is 0.435. The summed E-state index contributed by atoms with van der Waals surface area (Å²) in [4.78, 5) is 26.2. The maximum absolute atomic E-state index is 11.5. The molecule has 1 saturated heterocycles. The van der Waals surface area contributed by atoms with Crippen LogP contribution in [0.2, 0.25) is 0 Å². The Morgan fingerprint density at radius 2 is 2.29 bits per heavy atom. The molecule has 1 aliphatic heterocycles. The number of amides is 1. The molecule has 24 heavy (non-hydrogen) atoms. The summed E-state index contributed by atoms with van der Waals surface area (Å²) in [5, 5.41) is 23.4. The number of nitrogens with two attached hydrogens (primary N) is 1. The Hall–Kier alpha value is -2.77. The van der Waals surface area contributed by atoms with Crippen molar-refractivity contribution in [3.8, 4) is 6.07 Å². The van der Waals surface area contributed by atoms with Gasteiger partial charge in [0.25, 0.3) is 0 Å². The monoisotopic (exact) mass is 331 g/mol. The van der Waals surface area contributed by atoms with E-state index in [4.69, 9.17) is 11.0 Å². The van der Waals surface area contributed by atoms with Crippen LogP contribution in [-0.2, 0) is 4.79 Å². The molecule has 5 N–H and O–H groups in total. The number of nitrogens with zero attached hydrogens (tertiary/aromatic N) is 3. The molecule has 1 aromatic heterocycles. The zero-order valence-corrected chi connectivity index (χ0v) is 12.7. The topological polar surface area (TPSA) is 159 Å². The van der Waals surface area contributed by atoms with Gasteiger partial charge in [-0.25, -0.2) is 10.4 Å². The normalized spacial score (nSPS) is 28.6. The lowest BCUT2D eigenvalue weighted by molar-refractivity contribution is -0.384. The van der Waals surface area contributed by atoms with Crippen LogP contribution in [0.4, 0.5) is 11.5 Å². The number of carbonyl (C=O) groups is 1. The van der Waals surface area contributed by atoms with Crippen molar-refractivity contribution in [3.63, 3.8) is 0 Å². The van der Waals surface area contributed by atoms with E-state index in [1.807, 2.05) is 6.07 Å². The third-order valence-electron chi connectivity index (χ3n) is 4.63. The number of hydrazine groups is 1. The van der Waals surface area contributed by atoms with Crippen molar-refractivity contribution in [3.05, 3.63) is 27.9 Å². The smallest absolute Gasteiger partial charge is 0.328 e. The van der Waals surface area contributed by atoms with Crippen molar-refractivity contribution >= 4 is 17.4 Å². The lowest BCUT2D eigenvalue weighted by Gasteiger charge is -2.33. The van der Waals surface area contributed by atoms with Crippen LogP contribution < -0.4 is 21.9 Å². The van der Waals surface area contributed by atoms with Crippen LogP contribution in [0, 0.1) is 27.4 Å². The number of rotatable bonds is 4. The third-order valence-corrected chi connectivity index (χ3v) is 4.63. The van der Waals surface area contributed by atoms with Gasteiger partial charge in [-0.3, -0.25) is 20.3 Å². The number of hydrogen-bond donors (Lipinski definition) is 4. The van der Waals surface area contributed by atoms with Crippen LogP contribution in [0.1, 0.15) is 24.8 Å². The molecule has 1 amide bonds. The first-order valence-electron chi connectivity index (χ1n) is 7.61. The van der Waals surface area contributed by atoms with E-state index in [0.717, 1.165) is 12.8 Å². The summed E-state index contributed by atoms with van der Waals surface area (Å²) in [6.07, 6.45) is 3.54. The maximum atomic E-state index is 11.5. The molecule has 1 saturated carbocycles. The van der Waals surface area contributed by atoms with Crippen LogP contribution >= 0.6 is 0 Å². The fourth-order valence-electron chi connectivity index (χ4n) is 3.50. The minimum Gasteiger partial charge on any atom is -0.368 e. The lowest BCUT2D eigenvalue weighted by atomic mass is 9.79. The van der Waals surface area contributed by atoms with Crippen LogP contribution in [0.3, 0.4) is 0 Å². The van der Waals surface area contributed by atoms with E-state index < -0.39 is 16.9 Å². The largest absolute Gasteiger partial charge is 0.368 e. The highest BCUT2D eigenvalue weighted by Gasteiger charge is 2.43. The predicted molar refractivity (Wildman–Crippen MR) is 83.4 cm³/mol. The fourth-order valence-corrected chi connectivity index (χ4v) is 3.50. The number of pyridine rings is 1. The number of nitro groups is 1. The average Bonchev–Trinajstić information content (AvgIpc) is 2.97. The summed E-state index contributed by atoms with van der Waals surface area (Å²) in [6.45, 7) is 0. The summed E-state index contributed by atoms with van der Waals surface area (Å²) in [5.74, 6) is -0.338. The van der Waals surface area contributed by atoms with Gasteiger partial charge in [-0.05, 0) is 25.3 Å². The zero-order valence-electron chi connectivity index (χ0n) is 12.7. The number of nitrogens with one attached hydrogen (secondary N) is 3. The van der Waals surface area contributed by atoms with E-state index in [1.165, 1.54) is 12.3 Å². The van der Waals surface area contributed by atoms with Gasteiger partial charge < -0.3 is 11.1 Å². The molecular formula is C14H17N7O3. The standard InChI is InChI=1S/C14H17N7O3/c15-6-7-3-4-17-14(12(7)21(23)24)18-8-1-2-10-9(5-8)11(13(16)22)20-19-10/h3-4,8-11,19-20H,1-2,5H2,(H2,16,22)(H,17,18). The van der Waals surface area contributed by atoms with Crippen LogP contribution in [0.5, 0.6) is 0 Å². The molecule has 0 radical (unpaired) electrons. The second-order valence-electron chi connectivity index (χ2n) is 6.02. The van der Waals surface area contributed by atoms with Gasteiger partial charge in [-0.2, -0.15) is 5.26 Å². The number of anilines is 1. The first-order valence-corrected chi connectivity index (χ1v) is 7.61. The first kappa shape index (κ1) is 16.1. The Kier molecular flexibility index (Phi) is 4.28. The zero-order chi connectivity index (χ0) is 17.3. The van der Waals surface area contributed by atoms with Crippen molar-refractivity contribution in [1.82, 2.24) is 15.8 Å². The number of aromatic nitrogens is 1. The average molecular weight is 331 g/mol. The van der Waals surface area contributed by atoms with E-state index in [1.54, 1.807) is 0 Å². The molecule has 10 nitrogen and oxygen atoms in total. The van der Waals surface area contributed by atoms with Crippen molar-refractivity contribution in [2.24, 2.45) is 11.7 Å². The van der Waals surface area contributed by atoms with Gasteiger partial charge in [-0.15, -0.1) is 0 Å². The summed E-state index contributed by atoms with van der Waals surface area (Å²) >= 11 is 0. The Morgan fingerprint density at radius 3 is 2.96 bits per heavy atom. The van der Waals surface area contributed by atoms with Gasteiger partial charge in [0.15, 0.2) is 0 Å². The summed E-state index contributed by atoms with van der Waals surface area (Å²) < 4.78 is 0. The summed E-state index contributed by atoms with van der Waals surface area (Å²) in [7, 11) is 0. The van der Waals surface area contributed by atoms with E-state index >= 15 is 0 Å². The van der Waals surface area contributed by atoms with Crippen LogP contribution in [-0.4, -0.2) is 33.9 Å². The van der Waals surface area contributed by atoms with Gasteiger partial charge in [0.05, 0.1) is 4.92 Å². The van der Waals surface area contributed by atoms with Crippen molar-refractivity contribution < 1.29 is 9.72 Å². The van der Waals surface area contributed by atoms with Gasteiger partial charge in [0.1, 0.15) is 17.7 Å². The number of hydrogen-bond acceptors (Lipinski definition) is 8. The van der Waals surface area contributed by atoms with E-state index in [9.17, 15) is 14.9 Å². The molecule has 3 rings (SSSR count). The van der Waals surface area contributed by atoms with E-state index in [2.05, 4.69) is 21.2 Å². The summed E-state index contributed by atoms with van der Waals surface area (Å²) in [5.41, 5.74) is 11.0. The molecular weight excluding hydrogens is 314 g/mol. The Balaban J connectivity index is 1.79. The van der Waals surface area contributed by atoms with Gasteiger partial charge in [0.2, 0.25) is 11.7 Å². The molecule has 1 aliphatic carbocycles. The van der Waals surface area contributed by atoms with Gasteiger partial charge >= 0.3 is 5.69 Å². The molecule has 2 heterocycles. The second-order valence-corrected chi connectivity index (χ2v) is 6.02. The van der Waals surface area contributed by atoms with Crippen molar-refractivity contribution in [2.75, 3.05) is 5.32 Å². The molecule has 4 atom stereocenters. The number of fused-ring (bicyclic) bond motifs is 1. The van der Waals surface area contributed by atoms with Gasteiger partial charge in [0, 0.05) is 24.2 Å². The molecule has 0 spiro atoms. The van der Waals surface area contributed by atoms with Crippen LogP contribution in [0.15, 0.2) is 12.3 Å². The molecule has 126 valence electrons. The lowest BCUT2D eigenvalue weighted by Crippen LogP contribution is -2.44. The third kappa shape index (κ3) is 2.86. The second kappa shape index (κ2) is 6.38. The molecule has 1 aromatic rings. The highest BCUT2D eigenvalue weighted by molar-refractivity contribution is 5.80. The van der Waals surface area contributed by atoms with E-state index in [0.29, 0.717) is 6.42 Å². The van der Waals surface area contributed by atoms with Gasteiger partial charge in [-0.1, -0.05) is 0 Å². The maximum Gasteiger partial charge on any atom is 0.328 e. The van der Waals surface area contributed by atoms with Crippen molar-refractivity contribution in [2.45, 2.75) is 37.4 Å². The number of nitriles is 1. The minimum atomic E-state index is -0.607. The van der Waals surface area contributed by atoms with E-state index in [-0.39, 0.29) is 35.1 Å². The fraction of sp³-hybridized carbons (Fsp3) is 0.500. The minimum absolute atomic E-state index is 0.00644. The van der Waals surface area contributed by atoms with Crippen LogP contribution in [0.25, 0.3) is 0 Å². The highest BCUT2D eigenvalue weighted by Crippen LogP contribution is 2.34. The molecule has 4 unspecified atom stereocenters. The summed E-state index contributed by atoms with van der Waals surface area (Å²) in [6, 6.07) is 2.72. The molecule has 0 bridgehead atoms. The highest BCUT2D eigenvalue weighted by atomic mass is 16.6. The number of primary amides is 1. The first-order chi connectivity index (χ1) is 11.5. The number of carbonyl (C=O) groups excluding carboxylic acids is 1. The Morgan fingerprint density at radius 1 is 1.50 bits per heavy atom. The van der Waals surface area contributed by atoms with Crippen molar-refractivity contribution in [1.29, 1.82) is 5.26 Å². The molecule has 2 aliphatic rings. The molecule has 0 aromatic carbocycles. The Labute approximate surface area is 137 Å². The Bertz CT molecular complexity index is 717. The predicted octanol–water partition coefficient (Wildman–Crippen LogP) is -0.228. The molecule has 10 heteroatoms. The SMILES string of the molecule is N#Cc1ccnc(NC2CCC3NNC(C(N)=O)C3C2)c1[N+](=O)[O-]. The molecule has 2 fully saturated rings.